The van der Waals surface area contributed by atoms with Crippen LogP contribution in [0.25, 0.3) is 0 Å². The number of amides is 3. The lowest BCUT2D eigenvalue weighted by atomic mass is 9.66. The molecule has 1 aromatic carbocycles. The molecule has 3 saturated heterocycles. The fourth-order valence-corrected chi connectivity index (χ4v) is 10.00. The summed E-state index contributed by atoms with van der Waals surface area (Å²) < 4.78 is 4.35. The molecule has 3 fully saturated rings. The molecule has 1 aromatic rings. The topological polar surface area (TPSA) is 90.4 Å². The first-order valence-corrected chi connectivity index (χ1v) is 17.1. The van der Waals surface area contributed by atoms with Gasteiger partial charge in [-0.25, -0.2) is 0 Å². The predicted molar refractivity (Wildman–Crippen MR) is 178 cm³/mol. The highest BCUT2D eigenvalue weighted by molar-refractivity contribution is 8.02. The van der Waals surface area contributed by atoms with Crippen molar-refractivity contribution in [3.05, 3.63) is 49.6 Å². The number of rotatable bonds is 16. The molecule has 242 valence electrons. The normalized spacial score (nSPS) is 28.4. The molecule has 8 nitrogen and oxygen atoms in total. The smallest absolute Gasteiger partial charge is 0.247 e. The van der Waals surface area contributed by atoms with E-state index in [4.69, 9.17) is 4.74 Å². The molecule has 3 amide bonds. The summed E-state index contributed by atoms with van der Waals surface area (Å²) in [5, 5.41) is 10.7. The molecule has 3 heterocycles. The standard InChI is InChI=1S/C35H51N3O5S/c1-8-13-22-36(20-9-2)33(42)30-35-19-18-34(7,44-35)28(29(35)32(41)38(30)27(23-39)24(6)11-4)31(40)37(21-10-3)25-14-16-26(17-15-25)43-12-5/h9-10,14-17,24,27-30,39H,2-3,8,11-13,18-23H2,1,4-7H3/t24-,27-,28+,29-,30?,34-,35?/m0/s1. The number of ether oxygens (including phenoxy) is 1. The van der Waals surface area contributed by atoms with Crippen molar-refractivity contribution >= 4 is 35.2 Å². The quantitative estimate of drug-likeness (QED) is 0.251. The summed E-state index contributed by atoms with van der Waals surface area (Å²) in [6.07, 6.45) is 7.35. The number of anilines is 1. The number of benzene rings is 1. The second kappa shape index (κ2) is 14.1. The Labute approximate surface area is 267 Å². The van der Waals surface area contributed by atoms with Gasteiger partial charge in [-0.15, -0.1) is 24.9 Å². The van der Waals surface area contributed by atoms with Crippen LogP contribution in [0.4, 0.5) is 5.69 Å². The minimum Gasteiger partial charge on any atom is -0.494 e. The van der Waals surface area contributed by atoms with Crippen molar-refractivity contribution < 1.29 is 24.2 Å². The van der Waals surface area contributed by atoms with E-state index in [9.17, 15) is 19.5 Å². The minimum absolute atomic E-state index is 0.0222. The van der Waals surface area contributed by atoms with E-state index in [1.807, 2.05) is 49.9 Å². The highest BCUT2D eigenvalue weighted by Gasteiger charge is 2.78. The third-order valence-corrected chi connectivity index (χ3v) is 12.0. The molecule has 1 spiro atoms. The SMILES string of the molecule is C=CCN(CCCC)C(=O)C1N([C@@H](CO)[C@@H](C)CC)C(=O)[C@@H]2[C@H](C(=O)N(CC=C)c3ccc(OCC)cc3)[C@]3(C)CCC12S3. The van der Waals surface area contributed by atoms with Crippen LogP contribution in [0.5, 0.6) is 5.75 Å². The molecule has 7 atom stereocenters. The summed E-state index contributed by atoms with van der Waals surface area (Å²) in [4.78, 5) is 49.4. The Bertz CT molecular complexity index is 1220. The number of unbranched alkanes of at least 4 members (excludes halogenated alkanes) is 1. The fraction of sp³-hybridized carbons (Fsp3) is 0.629. The Balaban J connectivity index is 1.81. The van der Waals surface area contributed by atoms with Crippen LogP contribution in [0.1, 0.15) is 66.7 Å². The predicted octanol–water partition coefficient (Wildman–Crippen LogP) is 5.31. The van der Waals surface area contributed by atoms with E-state index < -0.39 is 33.4 Å². The van der Waals surface area contributed by atoms with Crippen LogP contribution >= 0.6 is 11.8 Å². The van der Waals surface area contributed by atoms with Crippen molar-refractivity contribution in [3.8, 4) is 5.75 Å². The Hall–Kier alpha value is -2.78. The van der Waals surface area contributed by atoms with Crippen molar-refractivity contribution in [1.29, 1.82) is 0 Å². The Kier molecular flexibility index (Phi) is 10.9. The summed E-state index contributed by atoms with van der Waals surface area (Å²) in [6.45, 7) is 19.5. The van der Waals surface area contributed by atoms with Crippen LogP contribution in [0, 0.1) is 17.8 Å². The molecule has 9 heteroatoms. The van der Waals surface area contributed by atoms with Gasteiger partial charge in [0.15, 0.2) is 0 Å². The van der Waals surface area contributed by atoms with Crippen molar-refractivity contribution in [2.45, 2.75) is 88.3 Å². The van der Waals surface area contributed by atoms with Gasteiger partial charge in [0.05, 0.1) is 35.8 Å². The summed E-state index contributed by atoms with van der Waals surface area (Å²) in [6, 6.07) is 6.15. The largest absolute Gasteiger partial charge is 0.494 e. The molecule has 1 N–H and O–H groups in total. The van der Waals surface area contributed by atoms with Crippen molar-refractivity contribution in [2.24, 2.45) is 17.8 Å². The van der Waals surface area contributed by atoms with Crippen LogP contribution in [0.15, 0.2) is 49.6 Å². The number of likely N-dealkylation sites (tertiary alicyclic amines) is 1. The van der Waals surface area contributed by atoms with Gasteiger partial charge in [-0.05, 0) is 63.3 Å². The average molecular weight is 626 g/mol. The monoisotopic (exact) mass is 625 g/mol. The highest BCUT2D eigenvalue weighted by Crippen LogP contribution is 2.72. The zero-order valence-corrected chi connectivity index (χ0v) is 28.0. The third kappa shape index (κ3) is 5.82. The van der Waals surface area contributed by atoms with E-state index in [1.54, 1.807) is 33.7 Å². The molecule has 3 aliphatic rings. The third-order valence-electron chi connectivity index (χ3n) is 10.0. The molecule has 2 unspecified atom stereocenters. The Morgan fingerprint density at radius 3 is 2.39 bits per heavy atom. The molecule has 0 radical (unpaired) electrons. The lowest BCUT2D eigenvalue weighted by molar-refractivity contribution is -0.147. The number of carbonyl (C=O) groups excluding carboxylic acids is 3. The van der Waals surface area contributed by atoms with E-state index >= 15 is 0 Å². The van der Waals surface area contributed by atoms with Gasteiger partial charge in [0, 0.05) is 30.1 Å². The molecule has 0 saturated carbocycles. The number of hydrogen-bond donors (Lipinski definition) is 1. The van der Waals surface area contributed by atoms with Gasteiger partial charge in [0.2, 0.25) is 17.7 Å². The van der Waals surface area contributed by atoms with E-state index in [-0.39, 0.29) is 30.2 Å². The zero-order valence-electron chi connectivity index (χ0n) is 27.2. The lowest BCUT2D eigenvalue weighted by Crippen LogP contribution is -2.58. The molecular formula is C35H51N3O5S. The Morgan fingerprint density at radius 1 is 1.14 bits per heavy atom. The minimum atomic E-state index is -0.758. The van der Waals surface area contributed by atoms with Crippen molar-refractivity contribution in [1.82, 2.24) is 9.80 Å². The first-order chi connectivity index (χ1) is 21.1. The van der Waals surface area contributed by atoms with Crippen molar-refractivity contribution in [3.63, 3.8) is 0 Å². The average Bonchev–Trinajstić information content (AvgIpc) is 3.59. The molecular weight excluding hydrogens is 574 g/mol. The maximum Gasteiger partial charge on any atom is 0.247 e. The second-order valence-electron chi connectivity index (χ2n) is 12.7. The van der Waals surface area contributed by atoms with Crippen LogP contribution in [0.2, 0.25) is 0 Å². The highest BCUT2D eigenvalue weighted by atomic mass is 32.2. The van der Waals surface area contributed by atoms with Crippen molar-refractivity contribution in [2.75, 3.05) is 37.7 Å². The molecule has 2 bridgehead atoms. The van der Waals surface area contributed by atoms with Gasteiger partial charge in [0.25, 0.3) is 0 Å². The summed E-state index contributed by atoms with van der Waals surface area (Å²) in [5.74, 6) is -1.01. The number of carbonyl (C=O) groups is 3. The number of fused-ring (bicyclic) bond motifs is 1. The van der Waals surface area contributed by atoms with Gasteiger partial charge in [0.1, 0.15) is 11.8 Å². The molecule has 0 aliphatic carbocycles. The molecule has 0 aromatic heterocycles. The van der Waals surface area contributed by atoms with Crippen LogP contribution in [0.3, 0.4) is 0 Å². The number of thioether (sulfide) groups is 1. The summed E-state index contributed by atoms with van der Waals surface area (Å²) >= 11 is 1.67. The maximum atomic E-state index is 14.8. The fourth-order valence-electron chi connectivity index (χ4n) is 7.67. The lowest BCUT2D eigenvalue weighted by Gasteiger charge is -2.41. The number of nitrogens with zero attached hydrogens (tertiary/aromatic N) is 3. The molecule has 44 heavy (non-hydrogen) atoms. The van der Waals surface area contributed by atoms with Gasteiger partial charge >= 0.3 is 0 Å². The summed E-state index contributed by atoms with van der Waals surface area (Å²) in [7, 11) is 0. The van der Waals surface area contributed by atoms with Gasteiger partial charge < -0.3 is 24.5 Å². The number of hydrogen-bond acceptors (Lipinski definition) is 6. The van der Waals surface area contributed by atoms with E-state index in [2.05, 4.69) is 27.0 Å². The number of aliphatic hydroxyl groups excluding tert-OH is 1. The van der Waals surface area contributed by atoms with E-state index in [0.29, 0.717) is 38.3 Å². The number of aliphatic hydroxyl groups is 1. The van der Waals surface area contributed by atoms with E-state index in [1.165, 1.54) is 0 Å². The van der Waals surface area contributed by atoms with Gasteiger partial charge in [-0.3, -0.25) is 14.4 Å². The summed E-state index contributed by atoms with van der Waals surface area (Å²) in [5.41, 5.74) is 0.711. The second-order valence-corrected chi connectivity index (χ2v) is 14.6. The van der Waals surface area contributed by atoms with Crippen LogP contribution < -0.4 is 9.64 Å². The van der Waals surface area contributed by atoms with Gasteiger partial charge in [-0.1, -0.05) is 45.8 Å². The van der Waals surface area contributed by atoms with E-state index in [0.717, 1.165) is 31.4 Å². The maximum absolute atomic E-state index is 14.8. The van der Waals surface area contributed by atoms with Crippen LogP contribution in [-0.2, 0) is 14.4 Å². The van der Waals surface area contributed by atoms with Gasteiger partial charge in [-0.2, -0.15) is 0 Å². The molecule has 4 rings (SSSR count). The zero-order chi connectivity index (χ0) is 32.2. The Morgan fingerprint density at radius 2 is 1.82 bits per heavy atom. The first kappa shape index (κ1) is 34.1. The first-order valence-electron chi connectivity index (χ1n) is 16.3. The van der Waals surface area contributed by atoms with Crippen LogP contribution in [-0.4, -0.2) is 87.1 Å². The molecule has 3 aliphatic heterocycles.